The smallest absolute Gasteiger partial charge is 0.0468 e. The Morgan fingerprint density at radius 1 is 1.47 bits per heavy atom. The SMILES string of the molecule is Nc1ccsc1CNCCC1=CCCC1. The summed E-state index contributed by atoms with van der Waals surface area (Å²) in [4.78, 5) is 1.26. The fourth-order valence-corrected chi connectivity index (χ4v) is 2.68. The van der Waals surface area contributed by atoms with Gasteiger partial charge in [0.1, 0.15) is 0 Å². The van der Waals surface area contributed by atoms with Gasteiger partial charge in [0.25, 0.3) is 0 Å². The summed E-state index contributed by atoms with van der Waals surface area (Å²) in [5.74, 6) is 0. The summed E-state index contributed by atoms with van der Waals surface area (Å²) in [7, 11) is 0. The van der Waals surface area contributed by atoms with Crippen LogP contribution in [-0.2, 0) is 6.54 Å². The number of nitrogens with one attached hydrogen (secondary N) is 1. The van der Waals surface area contributed by atoms with Crippen LogP contribution in [0.2, 0.25) is 0 Å². The predicted octanol–water partition coefficient (Wildman–Crippen LogP) is 2.92. The van der Waals surface area contributed by atoms with Gasteiger partial charge < -0.3 is 11.1 Å². The maximum Gasteiger partial charge on any atom is 0.0468 e. The molecule has 0 aromatic carbocycles. The van der Waals surface area contributed by atoms with E-state index >= 15 is 0 Å². The zero-order valence-electron chi connectivity index (χ0n) is 8.96. The molecule has 0 saturated heterocycles. The summed E-state index contributed by atoms with van der Waals surface area (Å²) >= 11 is 1.73. The highest BCUT2D eigenvalue weighted by Crippen LogP contribution is 2.20. The quantitative estimate of drug-likeness (QED) is 0.594. The van der Waals surface area contributed by atoms with Gasteiger partial charge in [0.05, 0.1) is 0 Å². The van der Waals surface area contributed by atoms with Gasteiger partial charge in [-0.25, -0.2) is 0 Å². The van der Waals surface area contributed by atoms with E-state index in [1.165, 1.54) is 30.6 Å². The first kappa shape index (κ1) is 10.7. The second kappa shape index (κ2) is 5.33. The van der Waals surface area contributed by atoms with Crippen LogP contribution in [0.15, 0.2) is 23.1 Å². The molecule has 3 N–H and O–H groups in total. The predicted molar refractivity (Wildman–Crippen MR) is 67.0 cm³/mol. The largest absolute Gasteiger partial charge is 0.398 e. The van der Waals surface area contributed by atoms with E-state index in [2.05, 4.69) is 11.4 Å². The van der Waals surface area contributed by atoms with Gasteiger partial charge in [0, 0.05) is 17.1 Å². The molecule has 1 aliphatic rings. The number of hydrogen-bond donors (Lipinski definition) is 2. The molecule has 0 spiro atoms. The Morgan fingerprint density at radius 2 is 2.40 bits per heavy atom. The third kappa shape index (κ3) is 3.08. The van der Waals surface area contributed by atoms with Gasteiger partial charge in [-0.2, -0.15) is 0 Å². The van der Waals surface area contributed by atoms with E-state index in [9.17, 15) is 0 Å². The molecular weight excluding hydrogens is 204 g/mol. The van der Waals surface area contributed by atoms with E-state index in [1.54, 1.807) is 16.9 Å². The van der Waals surface area contributed by atoms with Crippen LogP contribution in [0, 0.1) is 0 Å². The van der Waals surface area contributed by atoms with E-state index in [0.29, 0.717) is 0 Å². The summed E-state index contributed by atoms with van der Waals surface area (Å²) in [6.45, 7) is 1.99. The topological polar surface area (TPSA) is 38.0 Å². The average Bonchev–Trinajstić information content (AvgIpc) is 2.85. The first-order valence-electron chi connectivity index (χ1n) is 5.57. The molecule has 2 rings (SSSR count). The minimum absolute atomic E-state index is 0.913. The van der Waals surface area contributed by atoms with Crippen molar-refractivity contribution < 1.29 is 0 Å². The van der Waals surface area contributed by atoms with Crippen LogP contribution in [0.5, 0.6) is 0 Å². The Hall–Kier alpha value is -0.800. The van der Waals surface area contributed by atoms with Crippen molar-refractivity contribution in [2.24, 2.45) is 0 Å². The van der Waals surface area contributed by atoms with Crippen molar-refractivity contribution in [2.45, 2.75) is 32.2 Å². The van der Waals surface area contributed by atoms with Crippen LogP contribution in [0.4, 0.5) is 5.69 Å². The van der Waals surface area contributed by atoms with Gasteiger partial charge in [-0.3, -0.25) is 0 Å². The third-order valence-electron chi connectivity index (χ3n) is 2.82. The summed E-state index contributed by atoms with van der Waals surface area (Å²) in [6, 6.07) is 1.97. The molecule has 82 valence electrons. The van der Waals surface area contributed by atoms with Gasteiger partial charge >= 0.3 is 0 Å². The molecule has 0 saturated carbocycles. The summed E-state index contributed by atoms with van der Waals surface area (Å²) in [5.41, 5.74) is 8.35. The lowest BCUT2D eigenvalue weighted by Gasteiger charge is -2.04. The minimum atomic E-state index is 0.913. The van der Waals surface area contributed by atoms with Crippen molar-refractivity contribution in [3.63, 3.8) is 0 Å². The number of nitrogen functional groups attached to an aromatic ring is 1. The first-order valence-corrected chi connectivity index (χ1v) is 6.44. The van der Waals surface area contributed by atoms with E-state index in [4.69, 9.17) is 5.73 Å². The van der Waals surface area contributed by atoms with Crippen LogP contribution < -0.4 is 11.1 Å². The Bertz CT molecular complexity index is 341. The fraction of sp³-hybridized carbons (Fsp3) is 0.500. The van der Waals surface area contributed by atoms with Gasteiger partial charge in [0.2, 0.25) is 0 Å². The molecule has 0 atom stereocenters. The molecule has 1 aromatic heterocycles. The molecular formula is C12H18N2S. The van der Waals surface area contributed by atoms with Crippen molar-refractivity contribution in [3.05, 3.63) is 28.0 Å². The molecule has 0 radical (unpaired) electrons. The number of anilines is 1. The van der Waals surface area contributed by atoms with E-state index in [0.717, 1.165) is 18.8 Å². The van der Waals surface area contributed by atoms with Gasteiger partial charge in [0.15, 0.2) is 0 Å². The second-order valence-corrected chi connectivity index (χ2v) is 4.98. The minimum Gasteiger partial charge on any atom is -0.398 e. The van der Waals surface area contributed by atoms with Crippen LogP contribution in [-0.4, -0.2) is 6.54 Å². The third-order valence-corrected chi connectivity index (χ3v) is 3.76. The Morgan fingerprint density at radius 3 is 3.07 bits per heavy atom. The van der Waals surface area contributed by atoms with Gasteiger partial charge in [-0.15, -0.1) is 11.3 Å². The second-order valence-electron chi connectivity index (χ2n) is 3.98. The van der Waals surface area contributed by atoms with Crippen molar-refractivity contribution in [1.29, 1.82) is 0 Å². The first-order chi connectivity index (χ1) is 7.36. The van der Waals surface area contributed by atoms with Crippen molar-refractivity contribution in [3.8, 4) is 0 Å². The van der Waals surface area contributed by atoms with E-state index in [-0.39, 0.29) is 0 Å². The monoisotopic (exact) mass is 222 g/mol. The molecule has 1 aromatic rings. The van der Waals surface area contributed by atoms with Crippen LogP contribution in [0.1, 0.15) is 30.6 Å². The highest BCUT2D eigenvalue weighted by atomic mass is 32.1. The average molecular weight is 222 g/mol. The van der Waals surface area contributed by atoms with Crippen LogP contribution >= 0.6 is 11.3 Å². The van der Waals surface area contributed by atoms with Gasteiger partial charge in [-0.05, 0) is 43.7 Å². The van der Waals surface area contributed by atoms with Crippen molar-refractivity contribution >= 4 is 17.0 Å². The standard InChI is InChI=1S/C12H18N2S/c13-11-6-8-15-12(11)9-14-7-5-10-3-1-2-4-10/h3,6,8,14H,1-2,4-5,7,9,13H2. The zero-order valence-corrected chi connectivity index (χ0v) is 9.78. The molecule has 0 bridgehead atoms. The Balaban J connectivity index is 1.65. The lowest BCUT2D eigenvalue weighted by molar-refractivity contribution is 0.682. The normalized spacial score (nSPS) is 15.6. The van der Waals surface area contributed by atoms with Crippen LogP contribution in [0.3, 0.4) is 0 Å². The number of thiophene rings is 1. The van der Waals surface area contributed by atoms with E-state index < -0.39 is 0 Å². The summed E-state index contributed by atoms with van der Waals surface area (Å²) in [5, 5.41) is 5.49. The number of hydrogen-bond acceptors (Lipinski definition) is 3. The molecule has 1 heterocycles. The van der Waals surface area contributed by atoms with E-state index in [1.807, 2.05) is 11.4 Å². The lowest BCUT2D eigenvalue weighted by Crippen LogP contribution is -2.15. The molecule has 1 aliphatic carbocycles. The molecule has 2 nitrogen and oxygen atoms in total. The van der Waals surface area contributed by atoms with Gasteiger partial charge in [-0.1, -0.05) is 11.6 Å². The maximum atomic E-state index is 5.80. The number of allylic oxidation sites excluding steroid dienone is 1. The van der Waals surface area contributed by atoms with Crippen molar-refractivity contribution in [1.82, 2.24) is 5.32 Å². The molecule has 0 aliphatic heterocycles. The zero-order chi connectivity index (χ0) is 10.5. The number of rotatable bonds is 5. The lowest BCUT2D eigenvalue weighted by atomic mass is 10.2. The molecule has 0 unspecified atom stereocenters. The molecule has 15 heavy (non-hydrogen) atoms. The highest BCUT2D eigenvalue weighted by molar-refractivity contribution is 7.10. The Kier molecular flexibility index (Phi) is 3.80. The summed E-state index contributed by atoms with van der Waals surface area (Å²) in [6.07, 6.45) is 7.54. The molecule has 0 fully saturated rings. The number of nitrogens with two attached hydrogens (primary N) is 1. The molecule has 3 heteroatoms. The highest BCUT2D eigenvalue weighted by Gasteiger charge is 2.04. The van der Waals surface area contributed by atoms with Crippen molar-refractivity contribution in [2.75, 3.05) is 12.3 Å². The molecule has 0 amide bonds. The fourth-order valence-electron chi connectivity index (χ4n) is 1.91. The Labute approximate surface area is 95.2 Å². The van der Waals surface area contributed by atoms with Crippen LogP contribution in [0.25, 0.3) is 0 Å². The summed E-state index contributed by atoms with van der Waals surface area (Å²) < 4.78 is 0. The maximum absolute atomic E-state index is 5.80.